The number of halogens is 1. The lowest BCUT2D eigenvalue weighted by molar-refractivity contribution is 0.159. The van der Waals surface area contributed by atoms with Gasteiger partial charge in [0.05, 0.1) is 7.11 Å². The maximum atomic E-state index is 10.9. The van der Waals surface area contributed by atoms with Crippen LogP contribution < -0.4 is 11.1 Å². The van der Waals surface area contributed by atoms with Gasteiger partial charge < -0.3 is 20.7 Å². The summed E-state index contributed by atoms with van der Waals surface area (Å²) in [6, 6.07) is 0.0279. The van der Waals surface area contributed by atoms with Crippen LogP contribution in [0, 0.1) is 5.41 Å². The lowest BCUT2D eigenvalue weighted by atomic mass is 10.1. The van der Waals surface area contributed by atoms with Gasteiger partial charge in [-0.2, -0.15) is 0 Å². The van der Waals surface area contributed by atoms with Crippen LogP contribution >= 0.6 is 12.4 Å². The molecule has 0 aliphatic carbocycles. The fourth-order valence-electron chi connectivity index (χ4n) is 1.54. The molecule has 4 N–H and O–H groups in total. The monoisotopic (exact) mass is 236 g/mol. The first-order valence-electron chi connectivity index (χ1n) is 4.57. The van der Waals surface area contributed by atoms with Crippen molar-refractivity contribution >= 4 is 24.5 Å². The first-order chi connectivity index (χ1) is 6.63. The Balaban J connectivity index is 0.00000196. The standard InChI is InChI=1S/C8H16N4O2.ClH/c1-14-8(13)11-6-3-2-4-12(5-6)7(9)10;/h6H,2-5H2,1H3,(H3,9,10)(H,11,13);1H/t6-;/m0./s1. The first-order valence-corrected chi connectivity index (χ1v) is 4.57. The molecule has 1 heterocycles. The number of alkyl carbamates (subject to hydrolysis) is 1. The van der Waals surface area contributed by atoms with E-state index in [1.165, 1.54) is 7.11 Å². The minimum atomic E-state index is -0.430. The van der Waals surface area contributed by atoms with Gasteiger partial charge in [0.1, 0.15) is 0 Å². The minimum absolute atomic E-state index is 0. The van der Waals surface area contributed by atoms with Gasteiger partial charge >= 0.3 is 6.09 Å². The van der Waals surface area contributed by atoms with Crippen molar-refractivity contribution < 1.29 is 9.53 Å². The molecular formula is C8H17ClN4O2. The lowest BCUT2D eigenvalue weighted by Gasteiger charge is -2.32. The van der Waals surface area contributed by atoms with Gasteiger partial charge in [-0.05, 0) is 12.8 Å². The van der Waals surface area contributed by atoms with E-state index >= 15 is 0 Å². The molecule has 0 aromatic rings. The second-order valence-electron chi connectivity index (χ2n) is 3.31. The van der Waals surface area contributed by atoms with Crippen LogP contribution in [0.25, 0.3) is 0 Å². The summed E-state index contributed by atoms with van der Waals surface area (Å²) in [6.07, 6.45) is 1.40. The highest BCUT2D eigenvalue weighted by Crippen LogP contribution is 2.09. The van der Waals surface area contributed by atoms with Gasteiger partial charge in [-0.1, -0.05) is 0 Å². The summed E-state index contributed by atoms with van der Waals surface area (Å²) in [5, 5.41) is 9.96. The van der Waals surface area contributed by atoms with Crippen LogP contribution in [0.5, 0.6) is 0 Å². The number of ether oxygens (including phenoxy) is 1. The van der Waals surface area contributed by atoms with Gasteiger partial charge in [-0.25, -0.2) is 4.79 Å². The molecule has 0 unspecified atom stereocenters. The average Bonchev–Trinajstić information content (AvgIpc) is 2.18. The summed E-state index contributed by atoms with van der Waals surface area (Å²) in [6.45, 7) is 1.37. The molecule has 7 heteroatoms. The van der Waals surface area contributed by atoms with Crippen molar-refractivity contribution in [2.75, 3.05) is 20.2 Å². The number of nitrogens with two attached hydrogens (primary N) is 1. The molecule has 1 aliphatic rings. The van der Waals surface area contributed by atoms with Gasteiger partial charge in [0.25, 0.3) is 0 Å². The van der Waals surface area contributed by atoms with E-state index in [0.29, 0.717) is 6.54 Å². The topological polar surface area (TPSA) is 91.4 Å². The molecule has 1 amide bonds. The second kappa shape index (κ2) is 6.34. The molecule has 1 atom stereocenters. The molecule has 88 valence electrons. The highest BCUT2D eigenvalue weighted by Gasteiger charge is 2.21. The maximum Gasteiger partial charge on any atom is 0.407 e. The van der Waals surface area contributed by atoms with Crippen LogP contribution in [0.1, 0.15) is 12.8 Å². The van der Waals surface area contributed by atoms with Crippen molar-refractivity contribution in [1.82, 2.24) is 10.2 Å². The van der Waals surface area contributed by atoms with E-state index in [1.54, 1.807) is 4.90 Å². The van der Waals surface area contributed by atoms with E-state index in [9.17, 15) is 4.79 Å². The summed E-state index contributed by atoms with van der Waals surface area (Å²) >= 11 is 0. The van der Waals surface area contributed by atoms with E-state index in [0.717, 1.165) is 19.4 Å². The zero-order valence-electron chi connectivity index (χ0n) is 8.66. The fourth-order valence-corrected chi connectivity index (χ4v) is 1.54. The number of nitrogens with one attached hydrogen (secondary N) is 2. The summed E-state index contributed by atoms with van der Waals surface area (Å²) in [7, 11) is 1.33. The molecule has 0 bridgehead atoms. The number of methoxy groups -OCH3 is 1. The second-order valence-corrected chi connectivity index (χ2v) is 3.31. The number of hydrogen-bond acceptors (Lipinski definition) is 3. The Morgan fingerprint density at radius 3 is 2.87 bits per heavy atom. The zero-order chi connectivity index (χ0) is 10.6. The third-order valence-corrected chi connectivity index (χ3v) is 2.27. The Labute approximate surface area is 95.1 Å². The Kier molecular flexibility index (Phi) is 5.84. The third kappa shape index (κ3) is 4.24. The number of amides is 1. The van der Waals surface area contributed by atoms with E-state index in [-0.39, 0.29) is 24.4 Å². The Morgan fingerprint density at radius 2 is 2.33 bits per heavy atom. The van der Waals surface area contributed by atoms with Crippen molar-refractivity contribution in [3.8, 4) is 0 Å². The number of guanidine groups is 1. The van der Waals surface area contributed by atoms with Gasteiger partial charge in [0.15, 0.2) is 5.96 Å². The van der Waals surface area contributed by atoms with E-state index in [4.69, 9.17) is 11.1 Å². The number of carbonyl (C=O) groups is 1. The fraction of sp³-hybridized carbons (Fsp3) is 0.750. The SMILES string of the molecule is COC(=O)N[C@H]1CCCN(C(=N)N)C1.Cl. The van der Waals surface area contributed by atoms with E-state index < -0.39 is 6.09 Å². The van der Waals surface area contributed by atoms with Crippen molar-refractivity contribution in [1.29, 1.82) is 5.41 Å². The number of nitrogens with zero attached hydrogens (tertiary/aromatic N) is 1. The Hall–Kier alpha value is -1.17. The number of hydrogen-bond donors (Lipinski definition) is 3. The molecule has 1 rings (SSSR count). The molecule has 0 aromatic carbocycles. The minimum Gasteiger partial charge on any atom is -0.453 e. The number of likely N-dealkylation sites (tertiary alicyclic amines) is 1. The summed E-state index contributed by atoms with van der Waals surface area (Å²) in [4.78, 5) is 12.7. The molecule has 1 saturated heterocycles. The van der Waals surface area contributed by atoms with Crippen LogP contribution in [-0.2, 0) is 4.74 Å². The molecule has 0 saturated carbocycles. The molecule has 1 fully saturated rings. The van der Waals surface area contributed by atoms with Crippen molar-refractivity contribution in [2.45, 2.75) is 18.9 Å². The number of carbonyl (C=O) groups excluding carboxylic acids is 1. The van der Waals surface area contributed by atoms with Crippen LogP contribution in [-0.4, -0.2) is 43.2 Å². The maximum absolute atomic E-state index is 10.9. The van der Waals surface area contributed by atoms with Crippen LogP contribution in [0.2, 0.25) is 0 Å². The van der Waals surface area contributed by atoms with E-state index in [2.05, 4.69) is 10.1 Å². The molecular weight excluding hydrogens is 220 g/mol. The normalized spacial score (nSPS) is 20.1. The van der Waals surface area contributed by atoms with Gasteiger partial charge in [0.2, 0.25) is 0 Å². The molecule has 0 spiro atoms. The smallest absolute Gasteiger partial charge is 0.407 e. The van der Waals surface area contributed by atoms with Crippen molar-refractivity contribution in [3.63, 3.8) is 0 Å². The highest BCUT2D eigenvalue weighted by molar-refractivity contribution is 5.85. The predicted octanol–water partition coefficient (Wildman–Crippen LogP) is 0.122. The van der Waals surface area contributed by atoms with Gasteiger partial charge in [0, 0.05) is 19.1 Å². The van der Waals surface area contributed by atoms with Crippen LogP contribution in [0.15, 0.2) is 0 Å². The molecule has 0 aromatic heterocycles. The third-order valence-electron chi connectivity index (χ3n) is 2.27. The molecule has 6 nitrogen and oxygen atoms in total. The van der Waals surface area contributed by atoms with Crippen LogP contribution in [0.3, 0.4) is 0 Å². The highest BCUT2D eigenvalue weighted by atomic mass is 35.5. The van der Waals surface area contributed by atoms with E-state index in [1.807, 2.05) is 0 Å². The number of piperidine rings is 1. The Morgan fingerprint density at radius 1 is 1.67 bits per heavy atom. The number of rotatable bonds is 1. The van der Waals surface area contributed by atoms with Crippen molar-refractivity contribution in [2.24, 2.45) is 5.73 Å². The predicted molar refractivity (Wildman–Crippen MR) is 59.3 cm³/mol. The van der Waals surface area contributed by atoms with Crippen molar-refractivity contribution in [3.05, 3.63) is 0 Å². The largest absolute Gasteiger partial charge is 0.453 e. The molecule has 0 radical (unpaired) electrons. The molecule has 15 heavy (non-hydrogen) atoms. The first kappa shape index (κ1) is 13.8. The van der Waals surface area contributed by atoms with Crippen LogP contribution in [0.4, 0.5) is 4.79 Å². The summed E-state index contributed by atoms with van der Waals surface area (Å²) in [5.74, 6) is 0.0568. The lowest BCUT2D eigenvalue weighted by Crippen LogP contribution is -2.51. The summed E-state index contributed by atoms with van der Waals surface area (Å²) in [5.41, 5.74) is 5.36. The summed E-state index contributed by atoms with van der Waals surface area (Å²) < 4.78 is 4.50. The zero-order valence-corrected chi connectivity index (χ0v) is 9.47. The average molecular weight is 237 g/mol. The van der Waals surface area contributed by atoms with Gasteiger partial charge in [-0.15, -0.1) is 12.4 Å². The Bertz CT molecular complexity index is 237. The van der Waals surface area contributed by atoms with Gasteiger partial charge in [-0.3, -0.25) is 5.41 Å². The quantitative estimate of drug-likeness (QED) is 0.446. The molecule has 1 aliphatic heterocycles.